The molecule has 0 unspecified atom stereocenters. The van der Waals surface area contributed by atoms with Gasteiger partial charge in [-0.3, -0.25) is 9.18 Å². The zero-order valence-electron chi connectivity index (χ0n) is 40.9. The molecule has 2 aliphatic rings. The number of alkyl halides is 3. The Morgan fingerprint density at radius 3 is 1.45 bits per heavy atom. The molecule has 5 nitrogen and oxygen atoms in total. The standard InChI is InChI=1S/C16H21N.C12H15N.C5H7F3O3S.2C3H8.K.Na.S9.S8.S2/c1-6-7-10-17-13(3)16(4,5)14-11-12(2)8-9-15(14)17;1-8-5-6-11-10(7-8)12(3,4)9(2)13-11;1-2-3-4-11-12(9,10)5(6,7)8;2*1-3-2;;;1-3-5-7-9-8-6-4-2;1-3-5-7-8-6-4-2;1-2/h6,8-9,11H,1,3,7,10H2,2,4-5H3;5-7H,1-4H3;2H,1,3-4H2;2*3H2,1-2H3;;;;;/q;;;;;2*+1;;;. The Hall–Kier alpha value is 3.65. The SMILES string of the molecule is C=CCCN1C(=C)C(C)(C)c2cc(C)ccc21.C=CCCOS(=O)(=O)C(F)(F)F.CC1=Nc2ccc(C)cc2C1(C)C.CCC.CCC.S=S.S=S=S=S=S=S=S=S.S=S=S=S=S=S=S=S=S.[K+].[Na+]. The number of aliphatic imine (C=N–C) groups is 1. The second-order valence-corrected chi connectivity index (χ2v) is 38.4. The molecule has 0 saturated heterocycles. The molecule has 0 spiro atoms. The zero-order chi connectivity index (χ0) is 52.7. The zero-order valence-corrected chi connectivity index (χ0v) is 62.4. The van der Waals surface area contributed by atoms with Crippen LogP contribution in [0.5, 0.6) is 0 Å². The first-order valence-corrected chi connectivity index (χ1v) is 42.0. The molecular formula is C39H59F3KN2NaO3S20+2. The Labute approximate surface area is 544 Å². The summed E-state index contributed by atoms with van der Waals surface area (Å²) in [4.78, 5) is 6.89. The van der Waals surface area contributed by atoms with Crippen molar-refractivity contribution in [3.05, 3.63) is 96.2 Å². The summed E-state index contributed by atoms with van der Waals surface area (Å²) in [5, 5.41) is 0. The summed E-state index contributed by atoms with van der Waals surface area (Å²) in [5.74, 6) is 0. The topological polar surface area (TPSA) is 59.0 Å². The van der Waals surface area contributed by atoms with E-state index >= 15 is 0 Å². The second-order valence-electron chi connectivity index (χ2n) is 13.8. The van der Waals surface area contributed by atoms with E-state index in [1.54, 1.807) is 79.9 Å². The average molecular weight is 1360 g/mol. The van der Waals surface area contributed by atoms with E-state index in [4.69, 9.17) is 0 Å². The minimum Gasteiger partial charge on any atom is -0.344 e. The van der Waals surface area contributed by atoms with Gasteiger partial charge < -0.3 is 4.90 Å². The average Bonchev–Trinajstić information content (AvgIpc) is 3.61. The largest absolute Gasteiger partial charge is 1.00 e. The molecule has 2 heterocycles. The van der Waals surface area contributed by atoms with E-state index in [0.29, 0.717) is 0 Å². The molecule has 2 aromatic rings. The Morgan fingerprint density at radius 1 is 0.696 bits per heavy atom. The second kappa shape index (κ2) is 51.1. The van der Waals surface area contributed by atoms with Gasteiger partial charge in [0.1, 0.15) is 0 Å². The van der Waals surface area contributed by atoms with Gasteiger partial charge in [0.05, 0.1) is 12.3 Å². The molecule has 0 aliphatic carbocycles. The van der Waals surface area contributed by atoms with Gasteiger partial charge in [-0.2, -0.15) is 21.6 Å². The monoisotopic (exact) mass is 1360 g/mol. The van der Waals surface area contributed by atoms with Gasteiger partial charge in [-0.05, 0) is 56.9 Å². The van der Waals surface area contributed by atoms with E-state index in [1.165, 1.54) is 93.8 Å². The minimum atomic E-state index is -5.42. The van der Waals surface area contributed by atoms with Crippen molar-refractivity contribution in [2.75, 3.05) is 18.1 Å². The third kappa shape index (κ3) is 38.0. The van der Waals surface area contributed by atoms with Gasteiger partial charge in [-0.25, -0.2) is 0 Å². The van der Waals surface area contributed by atoms with Crippen molar-refractivity contribution in [2.45, 2.75) is 118 Å². The molecule has 0 N–H and O–H groups in total. The summed E-state index contributed by atoms with van der Waals surface area (Å²) in [6, 6.07) is 13.2. The number of benzene rings is 2. The van der Waals surface area contributed by atoms with E-state index in [0.717, 1.165) is 18.7 Å². The number of hydrogen-bond acceptors (Lipinski definition) is 11. The summed E-state index contributed by atoms with van der Waals surface area (Å²) < 4.78 is 58.5. The van der Waals surface area contributed by atoms with Gasteiger partial charge in [-0.1, -0.05) is 122 Å². The van der Waals surface area contributed by atoms with Crippen LogP contribution in [0.3, 0.4) is 0 Å². The van der Waals surface area contributed by atoms with Crippen LogP contribution >= 0.6 is 0 Å². The van der Waals surface area contributed by atoms with Gasteiger partial charge >= 0.3 is 96.6 Å². The van der Waals surface area contributed by atoms with Crippen LogP contribution in [-0.2, 0) is 208 Å². The molecule has 69 heavy (non-hydrogen) atoms. The maximum absolute atomic E-state index is 11.5. The molecule has 0 aromatic heterocycles. The van der Waals surface area contributed by atoms with Crippen molar-refractivity contribution >= 4 is 210 Å². The molecule has 0 fully saturated rings. The molecular weight excluding hydrogens is 1300 g/mol. The van der Waals surface area contributed by atoms with Gasteiger partial charge in [0, 0.05) is 217 Å². The first kappa shape index (κ1) is 84.0. The van der Waals surface area contributed by atoms with Crippen LogP contribution in [0.4, 0.5) is 24.5 Å². The number of rotatable bonds is 7. The van der Waals surface area contributed by atoms with Crippen LogP contribution in [-0.4, -0.2) is 32.8 Å². The molecule has 4 rings (SSSR count). The van der Waals surface area contributed by atoms with Gasteiger partial charge in [0.25, 0.3) is 0 Å². The first-order chi connectivity index (χ1) is 31.5. The quantitative estimate of drug-likeness (QED) is 0.112. The fourth-order valence-electron chi connectivity index (χ4n) is 4.67. The summed E-state index contributed by atoms with van der Waals surface area (Å²) >= 11 is 25.8. The maximum Gasteiger partial charge on any atom is 1.00 e. The van der Waals surface area contributed by atoms with E-state index in [9.17, 15) is 21.6 Å². The predicted molar refractivity (Wildman–Crippen MR) is 340 cm³/mol. The number of allylic oxidation sites excluding steroid dienone is 1. The number of nitrogens with zero attached hydrogens (tertiary/aromatic N) is 2. The molecule has 2 aliphatic heterocycles. The van der Waals surface area contributed by atoms with Crippen molar-refractivity contribution in [3.8, 4) is 0 Å². The van der Waals surface area contributed by atoms with Crippen molar-refractivity contribution < 1.29 is 107 Å². The summed E-state index contributed by atoms with van der Waals surface area (Å²) in [5.41, 5.74) is 5.09. The van der Waals surface area contributed by atoms with Crippen LogP contribution < -0.4 is 85.8 Å². The summed E-state index contributed by atoms with van der Waals surface area (Å²) in [6.07, 6.45) is 6.76. The van der Waals surface area contributed by atoms with Crippen molar-refractivity contribution in [1.29, 1.82) is 0 Å². The smallest absolute Gasteiger partial charge is 0.344 e. The molecule has 384 valence electrons. The molecule has 0 radical (unpaired) electrons. The number of halogens is 3. The van der Waals surface area contributed by atoms with Crippen LogP contribution in [0.25, 0.3) is 0 Å². The van der Waals surface area contributed by atoms with Crippen LogP contribution in [0.1, 0.15) is 110 Å². The Morgan fingerprint density at radius 2 is 1.07 bits per heavy atom. The van der Waals surface area contributed by atoms with Gasteiger partial charge in [0.15, 0.2) is 0 Å². The van der Waals surface area contributed by atoms with E-state index < -0.39 is 22.2 Å². The molecule has 2 aromatic carbocycles. The number of aryl methyl sites for hydroxylation is 2. The van der Waals surface area contributed by atoms with Crippen molar-refractivity contribution in [2.24, 2.45) is 4.99 Å². The molecule has 0 amide bonds. The number of anilines is 1. The summed E-state index contributed by atoms with van der Waals surface area (Å²) in [6.45, 7) is 35.5. The predicted octanol–water partition coefficient (Wildman–Crippen LogP) is 5.78. The first-order valence-electron chi connectivity index (χ1n) is 19.2. The minimum absolute atomic E-state index is 0. The Kier molecular flexibility index (Phi) is 62.2. The third-order valence-corrected chi connectivity index (χ3v) is 33.4. The number of fused-ring (bicyclic) bond motifs is 2. The van der Waals surface area contributed by atoms with Crippen molar-refractivity contribution in [3.63, 3.8) is 0 Å². The van der Waals surface area contributed by atoms with Crippen LogP contribution in [0.2, 0.25) is 0 Å². The fraction of sp³-hybridized carbons (Fsp3) is 0.513. The molecule has 0 atom stereocenters. The number of hydrogen-bond donors (Lipinski definition) is 0. The van der Waals surface area contributed by atoms with Crippen LogP contribution in [0.15, 0.2) is 79.0 Å². The Bertz CT molecular complexity index is 2560. The normalized spacial score (nSPS) is 12.1. The Balaban J connectivity index is -0.000000175. The fourth-order valence-corrected chi connectivity index (χ4v) is 29.8. The van der Waals surface area contributed by atoms with E-state index in [-0.39, 0.29) is 98.2 Å². The van der Waals surface area contributed by atoms with Gasteiger partial charge in [-0.15, -0.1) is 13.2 Å². The molecule has 30 heteroatoms. The summed E-state index contributed by atoms with van der Waals surface area (Å²) in [7, 11) is 14.6. The van der Waals surface area contributed by atoms with E-state index in [1.807, 2.05) is 6.08 Å². The van der Waals surface area contributed by atoms with E-state index in [2.05, 4.69) is 214 Å². The maximum atomic E-state index is 11.5. The van der Waals surface area contributed by atoms with Gasteiger partial charge in [0.2, 0.25) is 0 Å². The third-order valence-electron chi connectivity index (χ3n) is 7.89. The van der Waals surface area contributed by atoms with Crippen molar-refractivity contribution in [1.82, 2.24) is 0 Å². The molecule has 0 saturated carbocycles. The van der Waals surface area contributed by atoms with Crippen LogP contribution in [0, 0.1) is 13.8 Å². The molecule has 0 bridgehead atoms.